The summed E-state index contributed by atoms with van der Waals surface area (Å²) in [6.07, 6.45) is 10.4. The number of rotatable bonds is 6. The predicted octanol–water partition coefficient (Wildman–Crippen LogP) is 5.67. The first-order chi connectivity index (χ1) is 19.6. The molecule has 0 N–H and O–H groups in total. The molecule has 1 fully saturated rings. The number of aliphatic imine (C=N–C) groups is 1. The Kier molecular flexibility index (Phi) is 8.21. The van der Waals surface area contributed by atoms with E-state index in [0.717, 1.165) is 46.5 Å². The van der Waals surface area contributed by atoms with Crippen molar-refractivity contribution in [2.45, 2.75) is 45.3 Å². The minimum absolute atomic E-state index is 0.276. The molecule has 9 nitrogen and oxygen atoms in total. The molecule has 1 aromatic carbocycles. The molecule has 3 aromatic rings. The SMILES string of the molecule is COc1cccc(C=CC2=NC(c3cc(N4CCCN(C(=O)OC(C)(C)C)CC4)nc(C)n3)(c3nccs3)C=C2)c1. The summed E-state index contributed by atoms with van der Waals surface area (Å²) < 4.78 is 11.0. The van der Waals surface area contributed by atoms with Crippen molar-refractivity contribution in [1.29, 1.82) is 0 Å². The third-order valence-electron chi connectivity index (χ3n) is 6.79. The number of amides is 1. The lowest BCUT2D eigenvalue weighted by Gasteiger charge is -2.27. The Hall–Kier alpha value is -4.05. The molecule has 1 atom stereocenters. The van der Waals surface area contributed by atoms with Gasteiger partial charge in [0.05, 0.1) is 18.5 Å². The molecule has 41 heavy (non-hydrogen) atoms. The maximum absolute atomic E-state index is 12.7. The van der Waals surface area contributed by atoms with Gasteiger partial charge >= 0.3 is 6.09 Å². The fourth-order valence-corrected chi connectivity index (χ4v) is 5.62. The molecule has 2 aliphatic rings. The molecule has 1 unspecified atom stereocenters. The lowest BCUT2D eigenvalue weighted by atomic mass is 9.97. The van der Waals surface area contributed by atoms with E-state index in [4.69, 9.17) is 24.4 Å². The van der Waals surface area contributed by atoms with Gasteiger partial charge in [-0.25, -0.2) is 19.7 Å². The molecule has 1 amide bonds. The normalized spacial score (nSPS) is 19.4. The molecule has 10 heteroatoms. The first kappa shape index (κ1) is 28.5. The van der Waals surface area contributed by atoms with Crippen LogP contribution in [0.2, 0.25) is 0 Å². The number of allylic oxidation sites excluding steroid dienone is 2. The molecule has 0 spiro atoms. The van der Waals surface area contributed by atoms with Crippen LogP contribution in [0, 0.1) is 6.92 Å². The summed E-state index contributed by atoms with van der Waals surface area (Å²) in [5.74, 6) is 2.28. The molecule has 0 aliphatic carbocycles. The summed E-state index contributed by atoms with van der Waals surface area (Å²) in [6, 6.07) is 9.91. The summed E-state index contributed by atoms with van der Waals surface area (Å²) in [7, 11) is 1.66. The molecule has 4 heterocycles. The van der Waals surface area contributed by atoms with Gasteiger partial charge in [-0.3, -0.25) is 4.99 Å². The van der Waals surface area contributed by atoms with Crippen LogP contribution in [0.4, 0.5) is 10.6 Å². The van der Waals surface area contributed by atoms with E-state index >= 15 is 0 Å². The van der Waals surface area contributed by atoms with Gasteiger partial charge in [0.2, 0.25) is 0 Å². The summed E-state index contributed by atoms with van der Waals surface area (Å²) in [6.45, 7) is 10.2. The number of methoxy groups -OCH3 is 1. The highest BCUT2D eigenvalue weighted by atomic mass is 32.1. The number of thiazole rings is 1. The molecule has 2 aromatic heterocycles. The maximum atomic E-state index is 12.7. The van der Waals surface area contributed by atoms with Crippen LogP contribution in [0.5, 0.6) is 5.75 Å². The van der Waals surface area contributed by atoms with Crippen molar-refractivity contribution in [3.63, 3.8) is 0 Å². The van der Waals surface area contributed by atoms with Crippen molar-refractivity contribution in [3.05, 3.63) is 82.2 Å². The number of carbonyl (C=O) groups excluding carboxylic acids is 1. The van der Waals surface area contributed by atoms with Crippen molar-refractivity contribution < 1.29 is 14.3 Å². The minimum Gasteiger partial charge on any atom is -0.497 e. The van der Waals surface area contributed by atoms with E-state index in [-0.39, 0.29) is 6.09 Å². The Balaban J connectivity index is 1.43. The van der Waals surface area contributed by atoms with E-state index in [9.17, 15) is 4.79 Å². The van der Waals surface area contributed by atoms with Crippen LogP contribution in [0.25, 0.3) is 6.08 Å². The zero-order chi connectivity index (χ0) is 29.0. The van der Waals surface area contributed by atoms with Crippen molar-refractivity contribution in [2.24, 2.45) is 4.99 Å². The van der Waals surface area contributed by atoms with Crippen LogP contribution in [0.15, 0.2) is 65.1 Å². The zero-order valence-corrected chi connectivity index (χ0v) is 25.0. The third-order valence-corrected chi connectivity index (χ3v) is 7.68. The summed E-state index contributed by atoms with van der Waals surface area (Å²) in [5, 5.41) is 2.80. The summed E-state index contributed by atoms with van der Waals surface area (Å²) in [5.41, 5.74) is 1.24. The Bertz CT molecular complexity index is 1480. The van der Waals surface area contributed by atoms with Crippen molar-refractivity contribution >= 4 is 35.0 Å². The Morgan fingerprint density at radius 3 is 2.71 bits per heavy atom. The predicted molar refractivity (Wildman–Crippen MR) is 163 cm³/mol. The largest absolute Gasteiger partial charge is 0.497 e. The van der Waals surface area contributed by atoms with Gasteiger partial charge in [-0.15, -0.1) is 11.3 Å². The highest BCUT2D eigenvalue weighted by molar-refractivity contribution is 7.09. The lowest BCUT2D eigenvalue weighted by molar-refractivity contribution is 0.0263. The van der Waals surface area contributed by atoms with Gasteiger partial charge in [-0.1, -0.05) is 18.2 Å². The molecular formula is C31H36N6O3S. The number of hydrogen-bond acceptors (Lipinski definition) is 9. The highest BCUT2D eigenvalue weighted by Crippen LogP contribution is 2.40. The average Bonchev–Trinajstić information content (AvgIpc) is 3.56. The maximum Gasteiger partial charge on any atom is 0.410 e. The fraction of sp³-hybridized carbons (Fsp3) is 0.387. The number of aryl methyl sites for hydroxylation is 1. The van der Waals surface area contributed by atoms with E-state index in [0.29, 0.717) is 25.5 Å². The molecule has 0 radical (unpaired) electrons. The van der Waals surface area contributed by atoms with Crippen LogP contribution in [-0.4, -0.2) is 70.5 Å². The Morgan fingerprint density at radius 1 is 1.10 bits per heavy atom. The molecule has 1 saturated heterocycles. The van der Waals surface area contributed by atoms with Gasteiger partial charge in [0.15, 0.2) is 5.54 Å². The minimum atomic E-state index is -0.848. The van der Waals surface area contributed by atoms with E-state index in [2.05, 4.69) is 16.0 Å². The second-order valence-electron chi connectivity index (χ2n) is 11.1. The Morgan fingerprint density at radius 2 is 1.95 bits per heavy atom. The number of carbonyl (C=O) groups is 1. The standard InChI is InChI=1S/C31H36N6O3S/c1-22-33-26(21-27(34-22)36-15-7-16-37(18-17-36)29(38)40-30(2,3)4)31(28-32-14-19-41-28)13-12-24(35-31)11-10-23-8-6-9-25(20-23)39-5/h6,8-14,19-21H,7,15-18H2,1-5H3. The quantitative estimate of drug-likeness (QED) is 0.376. The highest BCUT2D eigenvalue weighted by Gasteiger charge is 2.39. The molecular weight excluding hydrogens is 536 g/mol. The first-order valence-electron chi connectivity index (χ1n) is 13.8. The van der Waals surface area contributed by atoms with Crippen LogP contribution < -0.4 is 9.64 Å². The molecule has 0 saturated carbocycles. The van der Waals surface area contributed by atoms with Crippen LogP contribution >= 0.6 is 11.3 Å². The van der Waals surface area contributed by atoms with E-state index in [1.165, 1.54) is 0 Å². The number of anilines is 1. The van der Waals surface area contributed by atoms with Crippen LogP contribution in [0.3, 0.4) is 0 Å². The molecule has 0 bridgehead atoms. The van der Waals surface area contributed by atoms with Crippen LogP contribution in [0.1, 0.15) is 49.3 Å². The topological polar surface area (TPSA) is 93.0 Å². The Labute approximate surface area is 245 Å². The lowest BCUT2D eigenvalue weighted by Crippen LogP contribution is -2.39. The van der Waals surface area contributed by atoms with Gasteiger partial charge in [-0.2, -0.15) is 0 Å². The number of ether oxygens (including phenoxy) is 2. The second-order valence-corrected chi connectivity index (χ2v) is 11.9. The van der Waals surface area contributed by atoms with Gasteiger partial charge < -0.3 is 19.3 Å². The third kappa shape index (κ3) is 6.65. The summed E-state index contributed by atoms with van der Waals surface area (Å²) in [4.78, 5) is 36.2. The smallest absolute Gasteiger partial charge is 0.410 e. The van der Waals surface area contributed by atoms with Gasteiger partial charge in [0.25, 0.3) is 0 Å². The first-order valence-corrected chi connectivity index (χ1v) is 14.6. The number of hydrogen-bond donors (Lipinski definition) is 0. The molecule has 214 valence electrons. The van der Waals surface area contributed by atoms with E-state index < -0.39 is 11.1 Å². The van der Waals surface area contributed by atoms with E-state index in [1.54, 1.807) is 29.5 Å². The van der Waals surface area contributed by atoms with Crippen molar-refractivity contribution in [1.82, 2.24) is 19.9 Å². The number of aromatic nitrogens is 3. The fourth-order valence-electron chi connectivity index (χ4n) is 4.85. The monoisotopic (exact) mass is 572 g/mol. The zero-order valence-electron chi connectivity index (χ0n) is 24.2. The molecule has 5 rings (SSSR count). The number of nitrogens with zero attached hydrogens (tertiary/aromatic N) is 6. The molecule has 2 aliphatic heterocycles. The van der Waals surface area contributed by atoms with Gasteiger partial charge in [-0.05, 0) is 70.0 Å². The number of benzene rings is 1. The van der Waals surface area contributed by atoms with Crippen LogP contribution in [-0.2, 0) is 10.3 Å². The van der Waals surface area contributed by atoms with Crippen molar-refractivity contribution in [2.75, 3.05) is 38.2 Å². The van der Waals surface area contributed by atoms with Gasteiger partial charge in [0.1, 0.15) is 28.0 Å². The van der Waals surface area contributed by atoms with E-state index in [1.807, 2.05) is 81.6 Å². The summed E-state index contributed by atoms with van der Waals surface area (Å²) >= 11 is 1.55. The van der Waals surface area contributed by atoms with Gasteiger partial charge in [0, 0.05) is 43.8 Å². The second kappa shape index (κ2) is 11.8. The average molecular weight is 573 g/mol. The van der Waals surface area contributed by atoms with Crippen molar-refractivity contribution in [3.8, 4) is 5.75 Å².